The Morgan fingerprint density at radius 1 is 1.11 bits per heavy atom. The second-order valence-electron chi connectivity index (χ2n) is 8.02. The van der Waals surface area contributed by atoms with Crippen LogP contribution in [0.3, 0.4) is 0 Å². The van der Waals surface area contributed by atoms with Crippen molar-refractivity contribution in [2.24, 2.45) is 0 Å². The van der Waals surface area contributed by atoms with Gasteiger partial charge < -0.3 is 10.1 Å². The van der Waals surface area contributed by atoms with Gasteiger partial charge in [0, 0.05) is 31.9 Å². The van der Waals surface area contributed by atoms with Gasteiger partial charge in [-0.3, -0.25) is 14.7 Å². The minimum atomic E-state index is -2.91. The quantitative estimate of drug-likeness (QED) is 0.402. The molecule has 4 rings (SSSR count). The van der Waals surface area contributed by atoms with Gasteiger partial charge in [0.15, 0.2) is 23.2 Å². The van der Waals surface area contributed by atoms with Gasteiger partial charge >= 0.3 is 0 Å². The zero-order chi connectivity index (χ0) is 25.2. The summed E-state index contributed by atoms with van der Waals surface area (Å²) in [7, 11) is 0. The van der Waals surface area contributed by atoms with Crippen molar-refractivity contribution in [3.05, 3.63) is 72.1 Å². The van der Waals surface area contributed by atoms with Crippen LogP contribution in [0.25, 0.3) is 0 Å². The summed E-state index contributed by atoms with van der Waals surface area (Å²) in [6.07, 6.45) is 4.69. The first-order chi connectivity index (χ1) is 16.7. The minimum Gasteiger partial charge on any atom is -0.434 e. The van der Waals surface area contributed by atoms with E-state index in [1.54, 1.807) is 11.8 Å². The molecule has 1 amide bonds. The second-order valence-corrected chi connectivity index (χ2v) is 8.02. The number of benzene rings is 1. The van der Waals surface area contributed by atoms with Gasteiger partial charge in [-0.1, -0.05) is 0 Å². The van der Waals surface area contributed by atoms with Crippen molar-refractivity contribution < 1.29 is 31.5 Å². The summed E-state index contributed by atoms with van der Waals surface area (Å²) in [5, 5.41) is 2.54. The number of hydrogen-bond acceptors (Lipinski definition) is 6. The first-order valence-corrected chi connectivity index (χ1v) is 10.6. The number of halogens is 5. The molecule has 3 heterocycles. The van der Waals surface area contributed by atoms with Crippen molar-refractivity contribution in [2.45, 2.75) is 31.2 Å². The van der Waals surface area contributed by atoms with Crippen LogP contribution in [0.15, 0.2) is 49.1 Å². The highest BCUT2D eigenvalue weighted by molar-refractivity contribution is 5.93. The molecule has 0 radical (unpaired) electrons. The van der Waals surface area contributed by atoms with Crippen molar-refractivity contribution in [1.29, 1.82) is 0 Å². The van der Waals surface area contributed by atoms with Crippen LogP contribution in [0.1, 0.15) is 24.8 Å². The predicted octanol–water partition coefficient (Wildman–Crippen LogP) is 4.53. The molecule has 1 aliphatic rings. The molecular formula is C23H20F5N5O2. The van der Waals surface area contributed by atoms with E-state index < -0.39 is 53.4 Å². The van der Waals surface area contributed by atoms with E-state index in [1.165, 1.54) is 24.5 Å². The topological polar surface area (TPSA) is 80.2 Å². The molecule has 2 aromatic heterocycles. The van der Waals surface area contributed by atoms with Gasteiger partial charge in [0.05, 0.1) is 24.4 Å². The van der Waals surface area contributed by atoms with Crippen LogP contribution in [0.4, 0.5) is 27.8 Å². The third-order valence-electron chi connectivity index (χ3n) is 5.79. The normalized spacial score (nSPS) is 18.6. The second kappa shape index (κ2) is 9.90. The van der Waals surface area contributed by atoms with Gasteiger partial charge in [-0.2, -0.15) is 4.39 Å². The number of aromatic nitrogens is 3. The van der Waals surface area contributed by atoms with E-state index in [0.29, 0.717) is 11.6 Å². The molecule has 184 valence electrons. The number of likely N-dealkylation sites (tertiary alicyclic amines) is 1. The fourth-order valence-corrected chi connectivity index (χ4v) is 3.75. The lowest BCUT2D eigenvalue weighted by atomic mass is 9.87. The fraction of sp³-hybridized carbons (Fsp3) is 0.304. The number of hydrogen-bond donors (Lipinski definition) is 1. The molecule has 1 saturated heterocycles. The van der Waals surface area contributed by atoms with E-state index >= 15 is 0 Å². The summed E-state index contributed by atoms with van der Waals surface area (Å²) in [6.45, 7) is 1.60. The Balaban J connectivity index is 1.39. The molecule has 1 aliphatic heterocycles. The molecule has 1 N–H and O–H groups in total. The number of pyridine rings is 1. The largest absolute Gasteiger partial charge is 0.434 e. The average molecular weight is 493 g/mol. The molecule has 0 spiro atoms. The Morgan fingerprint density at radius 3 is 2.54 bits per heavy atom. The Labute approximate surface area is 197 Å². The summed E-state index contributed by atoms with van der Waals surface area (Å²) >= 11 is 0. The van der Waals surface area contributed by atoms with Gasteiger partial charge in [0.1, 0.15) is 0 Å². The van der Waals surface area contributed by atoms with Crippen LogP contribution < -0.4 is 10.1 Å². The van der Waals surface area contributed by atoms with Gasteiger partial charge in [-0.25, -0.2) is 27.5 Å². The smallest absolute Gasteiger partial charge is 0.257 e. The van der Waals surface area contributed by atoms with E-state index in [-0.39, 0.29) is 24.8 Å². The number of nitrogens with zero attached hydrogens (tertiary/aromatic N) is 4. The lowest BCUT2D eigenvalue weighted by Gasteiger charge is -2.40. The third-order valence-corrected chi connectivity index (χ3v) is 5.79. The molecule has 1 aromatic carbocycles. The van der Waals surface area contributed by atoms with E-state index in [0.717, 1.165) is 18.5 Å². The third kappa shape index (κ3) is 5.37. The van der Waals surface area contributed by atoms with E-state index in [9.17, 15) is 26.7 Å². The molecule has 0 aliphatic carbocycles. The molecule has 3 aromatic rings. The average Bonchev–Trinajstić information content (AvgIpc) is 2.85. The highest BCUT2D eigenvalue weighted by atomic mass is 19.3. The molecular weight excluding hydrogens is 473 g/mol. The van der Waals surface area contributed by atoms with Crippen molar-refractivity contribution in [3.8, 4) is 11.6 Å². The highest BCUT2D eigenvalue weighted by Gasteiger charge is 2.46. The van der Waals surface area contributed by atoms with Crippen LogP contribution in [0.2, 0.25) is 0 Å². The summed E-state index contributed by atoms with van der Waals surface area (Å²) in [4.78, 5) is 26.1. The molecule has 7 nitrogen and oxygen atoms in total. The first kappa shape index (κ1) is 24.5. The zero-order valence-corrected chi connectivity index (χ0v) is 18.4. The number of rotatable bonds is 6. The number of amides is 1. The van der Waals surface area contributed by atoms with Gasteiger partial charge in [0.2, 0.25) is 17.6 Å². The summed E-state index contributed by atoms with van der Waals surface area (Å²) in [5.74, 6) is -9.83. The number of ether oxygens (including phenoxy) is 1. The predicted molar refractivity (Wildman–Crippen MR) is 115 cm³/mol. The molecule has 0 saturated carbocycles. The molecule has 35 heavy (non-hydrogen) atoms. The standard InChI is InChI=1S/C23H20F5N5O2/c1-13(33-9-6-23(27,28)15(12-33)14-4-7-29-8-5-14)22(34)32-18-10-31-19(11-30-18)35-17-3-2-16(24)20(25)21(17)26/h2-5,7-8,10-11,13,15H,6,9,12H2,1H3,(H,30,32,34). The highest BCUT2D eigenvalue weighted by Crippen LogP contribution is 2.40. The number of carbonyl (C=O) groups is 1. The maximum atomic E-state index is 14.6. The maximum absolute atomic E-state index is 14.6. The van der Waals surface area contributed by atoms with Crippen molar-refractivity contribution >= 4 is 11.7 Å². The van der Waals surface area contributed by atoms with E-state index in [4.69, 9.17) is 4.74 Å². The number of alkyl halides is 2. The Morgan fingerprint density at radius 2 is 1.86 bits per heavy atom. The fourth-order valence-electron chi connectivity index (χ4n) is 3.75. The van der Waals surface area contributed by atoms with Gasteiger partial charge in [-0.05, 0) is 36.8 Å². The Kier molecular flexibility index (Phi) is 6.92. The Bertz CT molecular complexity index is 1200. The number of carbonyl (C=O) groups excluding carboxylic acids is 1. The van der Waals surface area contributed by atoms with Crippen molar-refractivity contribution in [2.75, 3.05) is 18.4 Å². The summed E-state index contributed by atoms with van der Waals surface area (Å²) < 4.78 is 74.3. The lowest BCUT2D eigenvalue weighted by Crippen LogP contribution is -2.52. The first-order valence-electron chi connectivity index (χ1n) is 10.6. The van der Waals surface area contributed by atoms with Crippen LogP contribution in [-0.4, -0.2) is 50.8 Å². The molecule has 2 atom stereocenters. The molecule has 2 unspecified atom stereocenters. The molecule has 0 bridgehead atoms. The molecule has 1 fully saturated rings. The van der Waals surface area contributed by atoms with E-state index in [1.807, 2.05) is 0 Å². The van der Waals surface area contributed by atoms with Crippen LogP contribution in [-0.2, 0) is 4.79 Å². The minimum absolute atomic E-state index is 0.0240. The maximum Gasteiger partial charge on any atom is 0.257 e. The van der Waals surface area contributed by atoms with Crippen molar-refractivity contribution in [1.82, 2.24) is 19.9 Å². The van der Waals surface area contributed by atoms with Gasteiger partial charge in [-0.15, -0.1) is 0 Å². The van der Waals surface area contributed by atoms with E-state index in [2.05, 4.69) is 20.3 Å². The summed E-state index contributed by atoms with van der Waals surface area (Å²) in [5.41, 5.74) is 0.446. The SMILES string of the molecule is CC(C(=O)Nc1cnc(Oc2ccc(F)c(F)c2F)cn1)N1CCC(F)(F)C(c2ccncc2)C1. The van der Waals surface area contributed by atoms with Crippen molar-refractivity contribution in [3.63, 3.8) is 0 Å². The number of nitrogens with one attached hydrogen (secondary N) is 1. The zero-order valence-electron chi connectivity index (χ0n) is 18.4. The lowest BCUT2D eigenvalue weighted by molar-refractivity contribution is -0.125. The van der Waals surface area contributed by atoms with Crippen LogP contribution in [0.5, 0.6) is 11.6 Å². The van der Waals surface area contributed by atoms with Crippen LogP contribution in [0, 0.1) is 17.5 Å². The number of piperidine rings is 1. The monoisotopic (exact) mass is 493 g/mol. The summed E-state index contributed by atoms with van der Waals surface area (Å²) in [6, 6.07) is 3.93. The van der Waals surface area contributed by atoms with Gasteiger partial charge in [0.25, 0.3) is 5.92 Å². The van der Waals surface area contributed by atoms with Crippen LogP contribution >= 0.6 is 0 Å². The number of anilines is 1. The molecule has 12 heteroatoms. The Hall–Kier alpha value is -3.67.